The zero-order chi connectivity index (χ0) is 18.6. The fraction of sp³-hybridized carbons (Fsp3) is 0.238. The lowest BCUT2D eigenvalue weighted by Crippen LogP contribution is -2.49. The van der Waals surface area contributed by atoms with Crippen LogP contribution in [0.1, 0.15) is 5.56 Å². The lowest BCUT2D eigenvalue weighted by Gasteiger charge is -2.34. The largest absolute Gasteiger partial charge is 0.322 e. The third-order valence-electron chi connectivity index (χ3n) is 4.85. The van der Waals surface area contributed by atoms with Gasteiger partial charge in [-0.3, -0.25) is 9.88 Å². The molecule has 1 N–H and O–H groups in total. The highest BCUT2D eigenvalue weighted by Crippen LogP contribution is 2.19. The van der Waals surface area contributed by atoms with E-state index in [-0.39, 0.29) is 6.03 Å². The number of halogens is 1. The molecule has 1 saturated heterocycles. The summed E-state index contributed by atoms with van der Waals surface area (Å²) in [6, 6.07) is 17.6. The number of piperazine rings is 1. The molecule has 5 nitrogen and oxygen atoms in total. The standard InChI is InChI=1S/C21H21ClN4O/c22-19-7-3-1-6-17(19)15-25-9-11-26(12-10-25)21(27)24-18-13-16-5-2-4-8-20(16)23-14-18/h1-8,13-14H,9-12,15H2,(H,24,27). The summed E-state index contributed by atoms with van der Waals surface area (Å²) in [5, 5.41) is 4.77. The van der Waals surface area contributed by atoms with Gasteiger partial charge in [0.2, 0.25) is 0 Å². The van der Waals surface area contributed by atoms with Crippen LogP contribution in [0.3, 0.4) is 0 Å². The van der Waals surface area contributed by atoms with Crippen LogP contribution in [0.25, 0.3) is 10.9 Å². The Hall–Kier alpha value is -2.63. The predicted molar refractivity (Wildman–Crippen MR) is 109 cm³/mol. The molecule has 3 aromatic rings. The maximum absolute atomic E-state index is 12.6. The molecule has 1 aliphatic rings. The summed E-state index contributed by atoms with van der Waals surface area (Å²) in [7, 11) is 0. The third-order valence-corrected chi connectivity index (χ3v) is 5.22. The lowest BCUT2D eigenvalue weighted by molar-refractivity contribution is 0.143. The first-order valence-electron chi connectivity index (χ1n) is 9.05. The van der Waals surface area contributed by atoms with Crippen molar-refractivity contribution >= 4 is 34.2 Å². The molecule has 2 heterocycles. The number of carbonyl (C=O) groups is 1. The van der Waals surface area contributed by atoms with Crippen molar-refractivity contribution in [3.63, 3.8) is 0 Å². The molecular formula is C21H21ClN4O. The highest BCUT2D eigenvalue weighted by atomic mass is 35.5. The number of carbonyl (C=O) groups excluding carboxylic acids is 1. The fourth-order valence-corrected chi connectivity index (χ4v) is 3.51. The van der Waals surface area contributed by atoms with Crippen molar-refractivity contribution in [3.8, 4) is 0 Å². The average Bonchev–Trinajstić information content (AvgIpc) is 2.70. The molecule has 0 aliphatic carbocycles. The maximum atomic E-state index is 12.6. The number of nitrogens with one attached hydrogen (secondary N) is 1. The van der Waals surface area contributed by atoms with Crippen LogP contribution < -0.4 is 5.32 Å². The first kappa shape index (κ1) is 17.8. The average molecular weight is 381 g/mol. The Morgan fingerprint density at radius 3 is 2.59 bits per heavy atom. The number of fused-ring (bicyclic) bond motifs is 1. The fourth-order valence-electron chi connectivity index (χ4n) is 3.32. The van der Waals surface area contributed by atoms with Crippen molar-refractivity contribution in [3.05, 3.63) is 71.4 Å². The van der Waals surface area contributed by atoms with E-state index in [1.807, 2.05) is 59.5 Å². The van der Waals surface area contributed by atoms with E-state index in [0.29, 0.717) is 13.1 Å². The second kappa shape index (κ2) is 7.94. The van der Waals surface area contributed by atoms with E-state index in [1.165, 1.54) is 0 Å². The van der Waals surface area contributed by atoms with Gasteiger partial charge in [-0.05, 0) is 23.8 Å². The summed E-state index contributed by atoms with van der Waals surface area (Å²) < 4.78 is 0. The number of hydrogen-bond donors (Lipinski definition) is 1. The Balaban J connectivity index is 1.33. The van der Waals surface area contributed by atoms with E-state index in [2.05, 4.69) is 15.2 Å². The van der Waals surface area contributed by atoms with Gasteiger partial charge in [0.05, 0.1) is 17.4 Å². The third kappa shape index (κ3) is 4.21. The number of para-hydroxylation sites is 1. The van der Waals surface area contributed by atoms with Crippen molar-refractivity contribution in [2.45, 2.75) is 6.54 Å². The van der Waals surface area contributed by atoms with Crippen molar-refractivity contribution in [1.29, 1.82) is 0 Å². The van der Waals surface area contributed by atoms with Crippen LogP contribution in [0.4, 0.5) is 10.5 Å². The van der Waals surface area contributed by atoms with Crippen molar-refractivity contribution in [2.75, 3.05) is 31.5 Å². The van der Waals surface area contributed by atoms with Gasteiger partial charge in [-0.2, -0.15) is 0 Å². The van der Waals surface area contributed by atoms with Crippen molar-refractivity contribution in [2.24, 2.45) is 0 Å². The molecule has 4 rings (SSSR count). The summed E-state index contributed by atoms with van der Waals surface area (Å²) in [5.41, 5.74) is 2.76. The summed E-state index contributed by atoms with van der Waals surface area (Å²) in [4.78, 5) is 21.1. The van der Waals surface area contributed by atoms with E-state index in [0.717, 1.165) is 46.8 Å². The molecule has 0 radical (unpaired) electrons. The van der Waals surface area contributed by atoms with Gasteiger partial charge in [-0.25, -0.2) is 4.79 Å². The van der Waals surface area contributed by atoms with Gasteiger partial charge < -0.3 is 10.2 Å². The van der Waals surface area contributed by atoms with Gasteiger partial charge in [0.15, 0.2) is 0 Å². The van der Waals surface area contributed by atoms with E-state index in [4.69, 9.17) is 11.6 Å². The van der Waals surface area contributed by atoms with E-state index in [1.54, 1.807) is 6.20 Å². The van der Waals surface area contributed by atoms with Gasteiger partial charge in [0.25, 0.3) is 0 Å². The molecular weight excluding hydrogens is 360 g/mol. The van der Waals surface area contributed by atoms with Crippen LogP contribution >= 0.6 is 11.6 Å². The summed E-state index contributed by atoms with van der Waals surface area (Å²) in [5.74, 6) is 0. The minimum Gasteiger partial charge on any atom is -0.322 e. The molecule has 0 atom stereocenters. The van der Waals surface area contributed by atoms with E-state index >= 15 is 0 Å². The minimum absolute atomic E-state index is 0.0792. The number of anilines is 1. The molecule has 0 bridgehead atoms. The Bertz CT molecular complexity index is 954. The smallest absolute Gasteiger partial charge is 0.321 e. The number of rotatable bonds is 3. The Morgan fingerprint density at radius 2 is 1.78 bits per heavy atom. The van der Waals surface area contributed by atoms with Crippen LogP contribution in [0.5, 0.6) is 0 Å². The number of benzene rings is 2. The SMILES string of the molecule is O=C(Nc1cnc2ccccc2c1)N1CCN(Cc2ccccc2Cl)CC1. The number of hydrogen-bond acceptors (Lipinski definition) is 3. The zero-order valence-corrected chi connectivity index (χ0v) is 15.7. The molecule has 2 aromatic carbocycles. The van der Waals surface area contributed by atoms with Gasteiger partial charge >= 0.3 is 6.03 Å². The normalized spacial score (nSPS) is 15.1. The van der Waals surface area contributed by atoms with Gasteiger partial charge in [0.1, 0.15) is 0 Å². The van der Waals surface area contributed by atoms with Crippen LogP contribution in [-0.4, -0.2) is 47.0 Å². The first-order chi connectivity index (χ1) is 13.2. The molecule has 0 saturated carbocycles. The van der Waals surface area contributed by atoms with Crippen LogP contribution in [0, 0.1) is 0 Å². The lowest BCUT2D eigenvalue weighted by atomic mass is 10.2. The second-order valence-corrected chi connectivity index (χ2v) is 7.11. The summed E-state index contributed by atoms with van der Waals surface area (Å²) >= 11 is 6.25. The Morgan fingerprint density at radius 1 is 1.04 bits per heavy atom. The first-order valence-corrected chi connectivity index (χ1v) is 9.43. The molecule has 0 unspecified atom stereocenters. The topological polar surface area (TPSA) is 48.5 Å². The van der Waals surface area contributed by atoms with Crippen LogP contribution in [0.15, 0.2) is 60.8 Å². The van der Waals surface area contributed by atoms with Crippen molar-refractivity contribution < 1.29 is 4.79 Å². The number of amides is 2. The minimum atomic E-state index is -0.0792. The van der Waals surface area contributed by atoms with Crippen LogP contribution in [0.2, 0.25) is 5.02 Å². The molecule has 27 heavy (non-hydrogen) atoms. The Kier molecular flexibility index (Phi) is 5.23. The summed E-state index contributed by atoms with van der Waals surface area (Å²) in [6.07, 6.45) is 1.70. The van der Waals surface area contributed by atoms with E-state index < -0.39 is 0 Å². The molecule has 0 spiro atoms. The molecule has 2 amide bonds. The summed E-state index contributed by atoms with van der Waals surface area (Å²) in [6.45, 7) is 3.85. The van der Waals surface area contributed by atoms with E-state index in [9.17, 15) is 4.79 Å². The van der Waals surface area contributed by atoms with Gasteiger partial charge in [-0.1, -0.05) is 48.0 Å². The van der Waals surface area contributed by atoms with Gasteiger partial charge in [-0.15, -0.1) is 0 Å². The number of nitrogens with zero attached hydrogens (tertiary/aromatic N) is 3. The molecule has 6 heteroatoms. The monoisotopic (exact) mass is 380 g/mol. The zero-order valence-electron chi connectivity index (χ0n) is 14.9. The molecule has 1 aliphatic heterocycles. The predicted octanol–water partition coefficient (Wildman–Crippen LogP) is 4.24. The molecule has 138 valence electrons. The number of aromatic nitrogens is 1. The van der Waals surface area contributed by atoms with Gasteiger partial charge in [0, 0.05) is 43.1 Å². The van der Waals surface area contributed by atoms with Crippen molar-refractivity contribution in [1.82, 2.24) is 14.8 Å². The number of urea groups is 1. The Labute approximate surface area is 163 Å². The molecule has 1 aromatic heterocycles. The number of pyridine rings is 1. The molecule has 1 fully saturated rings. The second-order valence-electron chi connectivity index (χ2n) is 6.70. The highest BCUT2D eigenvalue weighted by Gasteiger charge is 2.21. The quantitative estimate of drug-likeness (QED) is 0.739. The highest BCUT2D eigenvalue weighted by molar-refractivity contribution is 6.31. The maximum Gasteiger partial charge on any atom is 0.321 e. The van der Waals surface area contributed by atoms with Crippen LogP contribution in [-0.2, 0) is 6.54 Å².